The summed E-state index contributed by atoms with van der Waals surface area (Å²) in [7, 11) is 1.61. The smallest absolute Gasteiger partial charge is 0.260 e. The van der Waals surface area contributed by atoms with Gasteiger partial charge in [0.05, 0.1) is 13.1 Å². The van der Waals surface area contributed by atoms with Gasteiger partial charge in [-0.05, 0) is 47.7 Å². The van der Waals surface area contributed by atoms with Gasteiger partial charge in [0.25, 0.3) is 5.91 Å². The first-order valence-electron chi connectivity index (χ1n) is 11.0. The van der Waals surface area contributed by atoms with Crippen molar-refractivity contribution in [3.8, 4) is 5.75 Å². The minimum absolute atomic E-state index is 0.0231. The lowest BCUT2D eigenvalue weighted by molar-refractivity contribution is -0.142. The molecule has 0 bridgehead atoms. The van der Waals surface area contributed by atoms with Crippen LogP contribution in [0.4, 0.5) is 0 Å². The number of methoxy groups -OCH3 is 1. The van der Waals surface area contributed by atoms with Crippen molar-refractivity contribution < 1.29 is 19.1 Å². The lowest BCUT2D eigenvalue weighted by atomic mass is 10.2. The first-order chi connectivity index (χ1) is 16.5. The maximum Gasteiger partial charge on any atom is 0.260 e. The minimum Gasteiger partial charge on any atom is -0.484 e. The Bertz CT molecular complexity index is 1010. The summed E-state index contributed by atoms with van der Waals surface area (Å²) >= 11 is 7.52. The molecule has 0 aliphatic heterocycles. The molecule has 0 aliphatic rings. The van der Waals surface area contributed by atoms with Gasteiger partial charge in [-0.25, -0.2) is 0 Å². The fourth-order valence-electron chi connectivity index (χ4n) is 3.35. The molecule has 0 N–H and O–H groups in total. The third kappa shape index (κ3) is 8.48. The zero-order chi connectivity index (χ0) is 24.2. The van der Waals surface area contributed by atoms with Crippen LogP contribution in [0.3, 0.4) is 0 Å². The molecule has 34 heavy (non-hydrogen) atoms. The Hall–Kier alpha value is -2.87. The fraction of sp³-hybridized carbons (Fsp3) is 0.308. The van der Waals surface area contributed by atoms with E-state index in [1.54, 1.807) is 52.5 Å². The van der Waals surface area contributed by atoms with Gasteiger partial charge in [-0.2, -0.15) is 0 Å². The van der Waals surface area contributed by atoms with Crippen LogP contribution in [0.5, 0.6) is 5.75 Å². The SMILES string of the molecule is COCCCN(CC(=O)N(Cc1ccccc1)Cc1cccs1)C(=O)COc1ccc(Cl)cc1. The Labute approximate surface area is 209 Å². The van der Waals surface area contributed by atoms with Crippen LogP contribution in [0.1, 0.15) is 16.9 Å². The number of carbonyl (C=O) groups is 2. The largest absolute Gasteiger partial charge is 0.484 e. The molecular formula is C26H29ClN2O4S. The van der Waals surface area contributed by atoms with E-state index < -0.39 is 0 Å². The number of halogens is 1. The summed E-state index contributed by atoms with van der Waals surface area (Å²) in [5.74, 6) is 0.175. The average Bonchev–Trinajstić information content (AvgIpc) is 3.36. The highest BCUT2D eigenvalue weighted by molar-refractivity contribution is 7.09. The summed E-state index contributed by atoms with van der Waals surface area (Å²) in [6.07, 6.45) is 0.625. The molecule has 0 unspecified atom stereocenters. The molecular weight excluding hydrogens is 472 g/mol. The second-order valence-electron chi connectivity index (χ2n) is 7.72. The quantitative estimate of drug-likeness (QED) is 0.314. The molecule has 0 aliphatic carbocycles. The van der Waals surface area contributed by atoms with Crippen LogP contribution >= 0.6 is 22.9 Å². The van der Waals surface area contributed by atoms with Crippen molar-refractivity contribution in [1.82, 2.24) is 9.80 Å². The molecule has 3 rings (SSSR count). The number of rotatable bonds is 13. The van der Waals surface area contributed by atoms with Gasteiger partial charge in [-0.3, -0.25) is 9.59 Å². The van der Waals surface area contributed by atoms with Crippen LogP contribution in [0.15, 0.2) is 72.1 Å². The molecule has 0 fully saturated rings. The molecule has 2 amide bonds. The Balaban J connectivity index is 1.68. The van der Waals surface area contributed by atoms with E-state index in [4.69, 9.17) is 21.1 Å². The van der Waals surface area contributed by atoms with E-state index >= 15 is 0 Å². The van der Waals surface area contributed by atoms with Gasteiger partial charge in [-0.1, -0.05) is 48.0 Å². The standard InChI is InChI=1S/C26H29ClN2O4S/c1-32-15-6-14-28(26(31)20-33-23-12-10-22(27)11-13-23)19-25(30)29(18-24-9-5-16-34-24)17-21-7-3-2-4-8-21/h2-5,7-13,16H,6,14-15,17-20H2,1H3. The van der Waals surface area contributed by atoms with Gasteiger partial charge in [0.15, 0.2) is 6.61 Å². The maximum absolute atomic E-state index is 13.4. The molecule has 3 aromatic rings. The number of ether oxygens (including phenoxy) is 2. The third-order valence-electron chi connectivity index (χ3n) is 5.13. The number of hydrogen-bond acceptors (Lipinski definition) is 5. The monoisotopic (exact) mass is 500 g/mol. The summed E-state index contributed by atoms with van der Waals surface area (Å²) in [5.41, 5.74) is 1.04. The van der Waals surface area contributed by atoms with Gasteiger partial charge >= 0.3 is 0 Å². The molecule has 0 saturated heterocycles. The number of carbonyl (C=O) groups excluding carboxylic acids is 2. The van der Waals surface area contributed by atoms with E-state index in [1.165, 1.54) is 0 Å². The van der Waals surface area contributed by atoms with E-state index in [9.17, 15) is 9.59 Å². The number of hydrogen-bond donors (Lipinski definition) is 0. The lowest BCUT2D eigenvalue weighted by Crippen LogP contribution is -2.44. The van der Waals surface area contributed by atoms with E-state index in [-0.39, 0.29) is 25.0 Å². The van der Waals surface area contributed by atoms with Gasteiger partial charge in [-0.15, -0.1) is 11.3 Å². The van der Waals surface area contributed by atoms with Crippen molar-refractivity contribution in [3.05, 3.63) is 87.6 Å². The predicted octanol–water partition coefficient (Wildman–Crippen LogP) is 4.87. The molecule has 1 aromatic heterocycles. The fourth-order valence-corrected chi connectivity index (χ4v) is 4.19. The van der Waals surface area contributed by atoms with Crippen LogP contribution in [-0.4, -0.2) is 55.0 Å². The summed E-state index contributed by atoms with van der Waals surface area (Å²) < 4.78 is 10.8. The van der Waals surface area contributed by atoms with E-state index in [0.717, 1.165) is 10.4 Å². The van der Waals surface area contributed by atoms with E-state index in [0.29, 0.717) is 43.4 Å². The number of amides is 2. The van der Waals surface area contributed by atoms with Crippen LogP contribution < -0.4 is 4.74 Å². The molecule has 0 radical (unpaired) electrons. The van der Waals surface area contributed by atoms with E-state index in [1.807, 2.05) is 47.8 Å². The highest BCUT2D eigenvalue weighted by Gasteiger charge is 2.22. The first-order valence-corrected chi connectivity index (χ1v) is 12.3. The summed E-state index contributed by atoms with van der Waals surface area (Å²) in [6.45, 7) is 1.68. The Morgan fingerprint density at radius 2 is 1.68 bits per heavy atom. The molecule has 8 heteroatoms. The maximum atomic E-state index is 13.4. The predicted molar refractivity (Wildman–Crippen MR) is 135 cm³/mol. The van der Waals surface area contributed by atoms with Gasteiger partial charge in [0, 0.05) is 36.7 Å². The molecule has 2 aromatic carbocycles. The van der Waals surface area contributed by atoms with E-state index in [2.05, 4.69) is 0 Å². The summed E-state index contributed by atoms with van der Waals surface area (Å²) in [5, 5.41) is 2.59. The average molecular weight is 501 g/mol. The minimum atomic E-state index is -0.254. The number of benzene rings is 2. The van der Waals surface area contributed by atoms with Crippen molar-refractivity contribution in [2.45, 2.75) is 19.5 Å². The van der Waals surface area contributed by atoms with Crippen LogP contribution in [0.2, 0.25) is 5.02 Å². The zero-order valence-electron chi connectivity index (χ0n) is 19.2. The van der Waals surface area contributed by atoms with Gasteiger partial charge in [0.1, 0.15) is 5.75 Å². The first kappa shape index (κ1) is 25.7. The zero-order valence-corrected chi connectivity index (χ0v) is 20.8. The topological polar surface area (TPSA) is 59.1 Å². The van der Waals surface area contributed by atoms with Crippen LogP contribution in [0, 0.1) is 0 Å². The van der Waals surface area contributed by atoms with Crippen molar-refractivity contribution >= 4 is 34.8 Å². The Kier molecular flexibility index (Phi) is 10.4. The number of nitrogens with zero attached hydrogens (tertiary/aromatic N) is 2. The second kappa shape index (κ2) is 13.7. The summed E-state index contributed by atoms with van der Waals surface area (Å²) in [4.78, 5) is 30.8. The Morgan fingerprint density at radius 1 is 0.912 bits per heavy atom. The highest BCUT2D eigenvalue weighted by Crippen LogP contribution is 2.17. The lowest BCUT2D eigenvalue weighted by Gasteiger charge is -2.27. The van der Waals surface area contributed by atoms with Crippen molar-refractivity contribution in [2.75, 3.05) is 33.4 Å². The van der Waals surface area contributed by atoms with Crippen molar-refractivity contribution in [2.24, 2.45) is 0 Å². The van der Waals surface area contributed by atoms with Crippen LogP contribution in [0.25, 0.3) is 0 Å². The van der Waals surface area contributed by atoms with Crippen molar-refractivity contribution in [1.29, 1.82) is 0 Å². The molecule has 0 saturated carbocycles. The second-order valence-corrected chi connectivity index (χ2v) is 9.19. The molecule has 0 atom stereocenters. The molecule has 0 spiro atoms. The van der Waals surface area contributed by atoms with Crippen LogP contribution in [-0.2, 0) is 27.4 Å². The normalized spacial score (nSPS) is 10.6. The van der Waals surface area contributed by atoms with Gasteiger partial charge < -0.3 is 19.3 Å². The molecule has 180 valence electrons. The summed E-state index contributed by atoms with van der Waals surface area (Å²) in [6, 6.07) is 20.7. The third-order valence-corrected chi connectivity index (χ3v) is 6.24. The van der Waals surface area contributed by atoms with Crippen molar-refractivity contribution in [3.63, 3.8) is 0 Å². The number of thiophene rings is 1. The highest BCUT2D eigenvalue weighted by atomic mass is 35.5. The molecule has 1 heterocycles. The molecule has 6 nitrogen and oxygen atoms in total. The Morgan fingerprint density at radius 3 is 2.35 bits per heavy atom. The van der Waals surface area contributed by atoms with Gasteiger partial charge in [0.2, 0.25) is 5.91 Å².